The summed E-state index contributed by atoms with van der Waals surface area (Å²) in [5.74, 6) is 2.66. The molecule has 0 bridgehead atoms. The number of pyridine rings is 1. The first-order valence-electron chi connectivity index (χ1n) is 9.02. The van der Waals surface area contributed by atoms with Crippen LogP contribution in [0.15, 0.2) is 28.8 Å². The Balaban J connectivity index is 1.49. The first-order chi connectivity index (χ1) is 11.9. The second-order valence-electron chi connectivity index (χ2n) is 8.16. The molecule has 2 heterocycles. The normalized spacial score (nSPS) is 21.5. The Morgan fingerprint density at radius 3 is 2.80 bits per heavy atom. The summed E-state index contributed by atoms with van der Waals surface area (Å²) in [5, 5.41) is 6.51. The lowest BCUT2D eigenvalue weighted by Gasteiger charge is -2.34. The fraction of sp³-hybridized carbons (Fsp3) is 0.500. The van der Waals surface area contributed by atoms with Gasteiger partial charge in [-0.2, -0.15) is 0 Å². The molecule has 1 saturated carbocycles. The number of hydrogen-bond donors (Lipinski definition) is 2. The quantitative estimate of drug-likeness (QED) is 0.883. The molecule has 2 N–H and O–H groups in total. The zero-order valence-electron chi connectivity index (χ0n) is 15.1. The van der Waals surface area contributed by atoms with Crippen LogP contribution in [-0.4, -0.2) is 16.9 Å². The van der Waals surface area contributed by atoms with Crippen molar-refractivity contribution >= 4 is 11.7 Å². The van der Waals surface area contributed by atoms with Crippen molar-refractivity contribution in [2.45, 2.75) is 58.5 Å². The van der Waals surface area contributed by atoms with Crippen molar-refractivity contribution in [2.24, 2.45) is 5.41 Å². The predicted molar refractivity (Wildman–Crippen MR) is 96.6 cm³/mol. The molecule has 0 aliphatic heterocycles. The van der Waals surface area contributed by atoms with Gasteiger partial charge in [0.1, 0.15) is 17.3 Å². The minimum atomic E-state index is -0.0852. The fourth-order valence-corrected chi connectivity index (χ4v) is 3.61. The van der Waals surface area contributed by atoms with Gasteiger partial charge in [0, 0.05) is 24.2 Å². The van der Waals surface area contributed by atoms with E-state index in [0.717, 1.165) is 35.7 Å². The van der Waals surface area contributed by atoms with Crippen molar-refractivity contribution in [3.63, 3.8) is 0 Å². The summed E-state index contributed by atoms with van der Waals surface area (Å²) in [6.45, 7) is 6.39. The maximum atomic E-state index is 12.7. The van der Waals surface area contributed by atoms with E-state index in [1.54, 1.807) is 6.20 Å². The van der Waals surface area contributed by atoms with E-state index in [1.807, 2.05) is 19.1 Å². The lowest BCUT2D eigenvalue weighted by Crippen LogP contribution is -2.36. The van der Waals surface area contributed by atoms with Crippen LogP contribution in [0.3, 0.4) is 0 Å². The maximum absolute atomic E-state index is 12.7. The number of aryl methyl sites for hydroxylation is 1. The summed E-state index contributed by atoms with van der Waals surface area (Å²) in [5.41, 5.74) is 1.81. The van der Waals surface area contributed by atoms with Gasteiger partial charge in [-0.15, -0.1) is 0 Å². The maximum Gasteiger partial charge on any atom is 0.253 e. The van der Waals surface area contributed by atoms with Crippen LogP contribution in [0.4, 0.5) is 5.82 Å². The predicted octanol–water partition coefficient (Wildman–Crippen LogP) is 4.00. The third-order valence-corrected chi connectivity index (χ3v) is 5.00. The number of amides is 1. The highest BCUT2D eigenvalue weighted by Crippen LogP contribution is 2.42. The Hall–Kier alpha value is -2.30. The van der Waals surface area contributed by atoms with Gasteiger partial charge in [0.15, 0.2) is 0 Å². The van der Waals surface area contributed by atoms with Crippen LogP contribution in [0.1, 0.15) is 66.6 Å². The van der Waals surface area contributed by atoms with Crippen molar-refractivity contribution in [3.8, 4) is 0 Å². The van der Waals surface area contributed by atoms with Gasteiger partial charge in [-0.05, 0) is 49.8 Å². The Kier molecular flexibility index (Phi) is 3.82. The van der Waals surface area contributed by atoms with Gasteiger partial charge in [-0.25, -0.2) is 4.98 Å². The number of furan rings is 1. The summed E-state index contributed by atoms with van der Waals surface area (Å²) in [7, 11) is 0. The number of fused-ring (bicyclic) bond motifs is 1. The van der Waals surface area contributed by atoms with E-state index in [1.165, 1.54) is 12.8 Å². The number of nitrogens with zero attached hydrogens (tertiary/aromatic N) is 1. The Morgan fingerprint density at radius 1 is 1.32 bits per heavy atom. The second kappa shape index (κ2) is 5.90. The van der Waals surface area contributed by atoms with E-state index in [9.17, 15) is 4.79 Å². The molecule has 0 saturated heterocycles. The van der Waals surface area contributed by atoms with Crippen LogP contribution in [-0.2, 0) is 6.42 Å². The first kappa shape index (κ1) is 16.2. The number of nitrogens with one attached hydrogen (secondary N) is 2. The number of carbonyl (C=O) groups excluding carboxylic acids is 1. The lowest BCUT2D eigenvalue weighted by atomic mass is 9.74. The zero-order chi connectivity index (χ0) is 17.6. The Bertz CT molecular complexity index is 788. The van der Waals surface area contributed by atoms with E-state index < -0.39 is 0 Å². The van der Waals surface area contributed by atoms with Crippen molar-refractivity contribution < 1.29 is 9.21 Å². The van der Waals surface area contributed by atoms with Crippen LogP contribution < -0.4 is 10.6 Å². The average Bonchev–Trinajstić information content (AvgIpc) is 3.27. The largest absolute Gasteiger partial charge is 0.466 e. The summed E-state index contributed by atoms with van der Waals surface area (Å²) in [6, 6.07) is 6.30. The van der Waals surface area contributed by atoms with E-state index in [-0.39, 0.29) is 17.4 Å². The van der Waals surface area contributed by atoms with E-state index in [4.69, 9.17) is 4.42 Å². The smallest absolute Gasteiger partial charge is 0.253 e. The summed E-state index contributed by atoms with van der Waals surface area (Å²) in [6.07, 6.45) is 5.86. The molecule has 1 fully saturated rings. The molecule has 2 aromatic heterocycles. The molecular formula is C20H25N3O2. The Morgan fingerprint density at radius 2 is 2.12 bits per heavy atom. The number of rotatable bonds is 4. The van der Waals surface area contributed by atoms with Crippen LogP contribution in [0.25, 0.3) is 0 Å². The highest BCUT2D eigenvalue weighted by Gasteiger charge is 2.35. The van der Waals surface area contributed by atoms with Gasteiger partial charge in [-0.1, -0.05) is 13.8 Å². The number of aromatic nitrogens is 1. The van der Waals surface area contributed by atoms with Gasteiger partial charge >= 0.3 is 0 Å². The number of hydrogen-bond acceptors (Lipinski definition) is 4. The highest BCUT2D eigenvalue weighted by atomic mass is 16.3. The molecule has 2 aliphatic rings. The molecule has 0 spiro atoms. The van der Waals surface area contributed by atoms with Crippen LogP contribution in [0.2, 0.25) is 0 Å². The molecular weight excluding hydrogens is 314 g/mol. The second-order valence-corrected chi connectivity index (χ2v) is 8.16. The van der Waals surface area contributed by atoms with E-state index >= 15 is 0 Å². The third kappa shape index (κ3) is 3.55. The minimum absolute atomic E-state index is 0.0204. The monoisotopic (exact) mass is 339 g/mol. The molecule has 2 aliphatic carbocycles. The van der Waals surface area contributed by atoms with Crippen LogP contribution >= 0.6 is 0 Å². The van der Waals surface area contributed by atoms with Crippen molar-refractivity contribution in [2.75, 3.05) is 5.32 Å². The van der Waals surface area contributed by atoms with Crippen LogP contribution in [0, 0.1) is 12.3 Å². The minimum Gasteiger partial charge on any atom is -0.466 e. The fourth-order valence-electron chi connectivity index (χ4n) is 3.61. The van der Waals surface area contributed by atoms with E-state index in [2.05, 4.69) is 35.5 Å². The molecule has 2 aromatic rings. The molecule has 25 heavy (non-hydrogen) atoms. The van der Waals surface area contributed by atoms with Crippen molar-refractivity contribution in [1.82, 2.24) is 10.3 Å². The van der Waals surface area contributed by atoms with E-state index in [0.29, 0.717) is 11.6 Å². The van der Waals surface area contributed by atoms with Gasteiger partial charge in [0.2, 0.25) is 0 Å². The SMILES string of the molecule is Cc1cc2c(o1)CC(C)(C)CC2NC(=O)c1ccc(NC2CC2)nc1. The van der Waals surface area contributed by atoms with Gasteiger partial charge in [-0.3, -0.25) is 4.79 Å². The van der Waals surface area contributed by atoms with Gasteiger partial charge in [0.05, 0.1) is 11.6 Å². The summed E-state index contributed by atoms with van der Waals surface area (Å²) in [4.78, 5) is 17.0. The van der Waals surface area contributed by atoms with Gasteiger partial charge in [0.25, 0.3) is 5.91 Å². The Labute approximate surface area is 148 Å². The standard InChI is InChI=1S/C20H25N3O2/c1-12-8-15-16(9-20(2,3)10-17(15)25-12)23-19(24)13-4-7-18(21-11-13)22-14-5-6-14/h4,7-8,11,14,16H,5-6,9-10H2,1-3H3,(H,21,22)(H,23,24). The first-order valence-corrected chi connectivity index (χ1v) is 9.02. The lowest BCUT2D eigenvalue weighted by molar-refractivity contribution is 0.0917. The molecule has 4 rings (SSSR count). The zero-order valence-corrected chi connectivity index (χ0v) is 15.1. The molecule has 1 atom stereocenters. The number of carbonyl (C=O) groups is 1. The highest BCUT2D eigenvalue weighted by molar-refractivity contribution is 5.94. The topological polar surface area (TPSA) is 67.2 Å². The van der Waals surface area contributed by atoms with Crippen molar-refractivity contribution in [1.29, 1.82) is 0 Å². The van der Waals surface area contributed by atoms with Crippen LogP contribution in [0.5, 0.6) is 0 Å². The molecule has 1 amide bonds. The summed E-state index contributed by atoms with van der Waals surface area (Å²) < 4.78 is 5.85. The van der Waals surface area contributed by atoms with Gasteiger partial charge < -0.3 is 15.1 Å². The van der Waals surface area contributed by atoms with Crippen molar-refractivity contribution in [3.05, 3.63) is 47.0 Å². The molecule has 0 radical (unpaired) electrons. The summed E-state index contributed by atoms with van der Waals surface area (Å²) >= 11 is 0. The molecule has 5 nitrogen and oxygen atoms in total. The third-order valence-electron chi connectivity index (χ3n) is 5.00. The molecule has 1 unspecified atom stereocenters. The molecule has 132 valence electrons. The molecule has 0 aromatic carbocycles. The number of anilines is 1. The molecule has 5 heteroatoms. The average molecular weight is 339 g/mol.